The number of carbonyl (C=O) groups excluding carboxylic acids is 3. The lowest BCUT2D eigenvalue weighted by molar-refractivity contribution is -0.137. The van der Waals surface area contributed by atoms with Gasteiger partial charge in [0, 0.05) is 24.9 Å². The molecule has 1 fully saturated rings. The molecule has 0 N–H and O–H groups in total. The minimum Gasteiger partial charge on any atom is -0.339 e. The number of rotatable bonds is 4. The maximum atomic E-state index is 13.6. The summed E-state index contributed by atoms with van der Waals surface area (Å²) < 4.78 is 41.0. The highest BCUT2D eigenvalue weighted by Gasteiger charge is 2.33. The maximum absolute atomic E-state index is 13.6. The van der Waals surface area contributed by atoms with E-state index < -0.39 is 17.6 Å². The van der Waals surface area contributed by atoms with Gasteiger partial charge in [0.15, 0.2) is 0 Å². The smallest absolute Gasteiger partial charge is 0.339 e. The Hall–Kier alpha value is -2.91. The van der Waals surface area contributed by atoms with Gasteiger partial charge in [-0.3, -0.25) is 9.59 Å². The first-order chi connectivity index (χ1) is 17.3. The Morgan fingerprint density at radius 3 is 2.30 bits per heavy atom. The van der Waals surface area contributed by atoms with Gasteiger partial charge < -0.3 is 9.69 Å². The number of piperidine rings is 1. The average molecular weight is 554 g/mol. The Kier molecular flexibility index (Phi) is 7.41. The van der Waals surface area contributed by atoms with Gasteiger partial charge in [0.2, 0.25) is 0 Å². The quantitative estimate of drug-likeness (QED) is 0.369. The number of ketones is 1. The van der Waals surface area contributed by atoms with Crippen LogP contribution in [0.5, 0.6) is 0 Å². The molecule has 1 aromatic heterocycles. The van der Waals surface area contributed by atoms with Gasteiger partial charge in [-0.05, 0) is 69.4 Å². The maximum Gasteiger partial charge on any atom is 0.416 e. The Morgan fingerprint density at radius 1 is 1.05 bits per heavy atom. The van der Waals surface area contributed by atoms with Crippen LogP contribution in [0, 0.1) is 19.8 Å². The van der Waals surface area contributed by atoms with Crippen molar-refractivity contribution in [3.8, 4) is 0 Å². The number of amides is 1. The lowest BCUT2D eigenvalue weighted by Crippen LogP contribution is -2.39. The molecule has 2 heterocycles. The summed E-state index contributed by atoms with van der Waals surface area (Å²) in [6.07, 6.45) is -2.72. The first kappa shape index (κ1) is 27.1. The number of halogens is 5. The summed E-state index contributed by atoms with van der Waals surface area (Å²) in [5.41, 5.74) is -0.291. The molecule has 6 nitrogen and oxygen atoms in total. The van der Waals surface area contributed by atoms with Crippen LogP contribution in [-0.2, 0) is 11.0 Å². The van der Waals surface area contributed by atoms with Gasteiger partial charge in [-0.15, -0.1) is 0 Å². The third-order valence-electron chi connectivity index (χ3n) is 6.69. The van der Waals surface area contributed by atoms with Crippen molar-refractivity contribution in [2.24, 2.45) is 5.92 Å². The molecule has 37 heavy (non-hydrogen) atoms. The molecule has 3 aromatic rings. The van der Waals surface area contributed by atoms with Crippen LogP contribution < -0.4 is 0 Å². The summed E-state index contributed by atoms with van der Waals surface area (Å²) >= 11 is 12.9. The molecule has 0 radical (unpaired) electrons. The highest BCUT2D eigenvalue weighted by Crippen LogP contribution is 2.36. The molecule has 0 bridgehead atoms. The molecule has 1 saturated heterocycles. The normalized spacial score (nSPS) is 14.9. The van der Waals surface area contributed by atoms with Crippen LogP contribution in [0.3, 0.4) is 0 Å². The van der Waals surface area contributed by atoms with E-state index in [2.05, 4.69) is 5.10 Å². The van der Waals surface area contributed by atoms with Crippen molar-refractivity contribution in [2.45, 2.75) is 46.2 Å². The number of fused-ring (bicyclic) bond motifs is 1. The molecule has 196 valence electrons. The van der Waals surface area contributed by atoms with Gasteiger partial charge in [-0.25, -0.2) is 0 Å². The van der Waals surface area contributed by atoms with E-state index >= 15 is 0 Å². The van der Waals surface area contributed by atoms with Crippen molar-refractivity contribution in [2.75, 3.05) is 13.1 Å². The zero-order valence-corrected chi connectivity index (χ0v) is 21.9. The molecule has 1 aliphatic heterocycles. The topological polar surface area (TPSA) is 72.3 Å². The number of hydrogen-bond donors (Lipinski definition) is 0. The van der Waals surface area contributed by atoms with Gasteiger partial charge in [0.05, 0.1) is 37.9 Å². The van der Waals surface area contributed by atoms with Crippen molar-refractivity contribution in [3.63, 3.8) is 0 Å². The van der Waals surface area contributed by atoms with E-state index in [9.17, 15) is 27.6 Å². The van der Waals surface area contributed by atoms with Crippen molar-refractivity contribution in [1.29, 1.82) is 0 Å². The number of likely N-dealkylation sites (tertiary alicyclic amines) is 1. The van der Waals surface area contributed by atoms with Crippen molar-refractivity contribution >= 4 is 51.7 Å². The number of aromatic nitrogens is 2. The Bertz CT molecular complexity index is 1420. The monoisotopic (exact) mass is 553 g/mol. The molecule has 1 aliphatic rings. The average Bonchev–Trinajstić information content (AvgIpc) is 3.15. The molecule has 1 amide bonds. The van der Waals surface area contributed by atoms with E-state index in [1.54, 1.807) is 11.8 Å². The highest BCUT2D eigenvalue weighted by molar-refractivity contribution is 6.41. The fraction of sp³-hybridized carbons (Fsp3) is 0.385. The second-order valence-corrected chi connectivity index (χ2v) is 10.2. The van der Waals surface area contributed by atoms with Crippen LogP contribution in [0.25, 0.3) is 10.9 Å². The van der Waals surface area contributed by atoms with Gasteiger partial charge in [-0.2, -0.15) is 23.0 Å². The van der Waals surface area contributed by atoms with E-state index in [4.69, 9.17) is 23.2 Å². The zero-order valence-electron chi connectivity index (χ0n) is 20.4. The summed E-state index contributed by atoms with van der Waals surface area (Å²) in [6.45, 7) is 5.40. The Morgan fingerprint density at radius 2 is 1.70 bits per heavy atom. The zero-order chi connectivity index (χ0) is 27.2. The largest absolute Gasteiger partial charge is 0.416 e. The molecule has 11 heteroatoms. The van der Waals surface area contributed by atoms with Crippen LogP contribution in [-0.4, -0.2) is 45.4 Å². The van der Waals surface area contributed by atoms with Crippen molar-refractivity contribution in [1.82, 2.24) is 14.7 Å². The Labute approximate surface area is 221 Å². The second-order valence-electron chi connectivity index (χ2n) is 9.42. The first-order valence-electron chi connectivity index (χ1n) is 11.7. The standard InChI is InChI=1S/C26H24Cl2F3N3O3/c1-13-10-17(26(29,30)31)12-19-15(3)32-34(23(13)19)25(37)21-20(27)5-4-18(22(21)28)24(36)33-8-6-16(7-9-33)11-14(2)35/h4-5,10,12,16H,6-9,11H2,1-3H3. The number of hydrogen-bond acceptors (Lipinski definition) is 4. The number of Topliss-reactive ketones (excluding diaryl/α,β-unsaturated/α-hetero) is 1. The molecule has 0 saturated carbocycles. The van der Waals surface area contributed by atoms with Crippen molar-refractivity contribution in [3.05, 3.63) is 62.3 Å². The number of alkyl halides is 3. The van der Waals surface area contributed by atoms with E-state index in [0.717, 1.165) is 16.8 Å². The van der Waals surface area contributed by atoms with Gasteiger partial charge in [-0.1, -0.05) is 23.2 Å². The summed E-state index contributed by atoms with van der Waals surface area (Å²) in [5, 5.41) is 4.19. The summed E-state index contributed by atoms with van der Waals surface area (Å²) in [5.74, 6) is -0.799. The van der Waals surface area contributed by atoms with Crippen molar-refractivity contribution < 1.29 is 27.6 Å². The molecule has 0 unspecified atom stereocenters. The number of nitrogens with zero attached hydrogens (tertiary/aromatic N) is 3. The van der Waals surface area contributed by atoms with E-state index in [1.165, 1.54) is 26.0 Å². The van der Waals surface area contributed by atoms with E-state index in [0.29, 0.717) is 32.4 Å². The van der Waals surface area contributed by atoms with Gasteiger partial charge >= 0.3 is 6.18 Å². The summed E-state index contributed by atoms with van der Waals surface area (Å²) in [4.78, 5) is 39.9. The van der Waals surface area contributed by atoms with E-state index in [-0.39, 0.29) is 60.9 Å². The lowest BCUT2D eigenvalue weighted by atomic mass is 9.91. The predicted octanol–water partition coefficient (Wildman–Crippen LogP) is 6.50. The van der Waals surface area contributed by atoms with Crippen LogP contribution in [0.1, 0.15) is 63.7 Å². The van der Waals surface area contributed by atoms with Crippen LogP contribution in [0.2, 0.25) is 10.0 Å². The minimum atomic E-state index is -4.56. The second kappa shape index (κ2) is 10.1. The molecule has 0 aliphatic carbocycles. The minimum absolute atomic E-state index is 0.0161. The fourth-order valence-corrected chi connectivity index (χ4v) is 5.45. The number of carbonyl (C=O) groups is 3. The first-order valence-corrected chi connectivity index (χ1v) is 12.4. The molecule has 0 spiro atoms. The lowest BCUT2D eigenvalue weighted by Gasteiger charge is -2.32. The van der Waals surface area contributed by atoms with E-state index in [1.807, 2.05) is 0 Å². The number of benzene rings is 2. The molecule has 2 aromatic carbocycles. The molecular formula is C26H24Cl2F3N3O3. The third kappa shape index (κ3) is 5.25. The Balaban J connectivity index is 1.70. The fourth-order valence-electron chi connectivity index (χ4n) is 4.84. The predicted molar refractivity (Wildman–Crippen MR) is 134 cm³/mol. The molecular weight excluding hydrogens is 530 g/mol. The third-order valence-corrected chi connectivity index (χ3v) is 7.39. The summed E-state index contributed by atoms with van der Waals surface area (Å²) in [6, 6.07) is 4.74. The van der Waals surface area contributed by atoms with Gasteiger partial charge in [0.1, 0.15) is 5.78 Å². The SMILES string of the molecule is CC(=O)CC1CCN(C(=O)c2ccc(Cl)c(C(=O)n3nc(C)c4cc(C(F)(F)F)cc(C)c43)c2Cl)CC1. The summed E-state index contributed by atoms with van der Waals surface area (Å²) in [7, 11) is 0. The van der Waals surface area contributed by atoms with Crippen LogP contribution in [0.15, 0.2) is 24.3 Å². The molecule has 4 rings (SSSR count). The molecule has 0 atom stereocenters. The van der Waals surface area contributed by atoms with Crippen LogP contribution >= 0.6 is 23.2 Å². The number of aryl methyl sites for hydroxylation is 2. The highest BCUT2D eigenvalue weighted by atomic mass is 35.5. The van der Waals surface area contributed by atoms with Crippen LogP contribution in [0.4, 0.5) is 13.2 Å². The van der Waals surface area contributed by atoms with Gasteiger partial charge in [0.25, 0.3) is 11.8 Å².